The van der Waals surface area contributed by atoms with Crippen LogP contribution in [0.3, 0.4) is 0 Å². The van der Waals surface area contributed by atoms with Gasteiger partial charge in [0.2, 0.25) is 0 Å². The maximum atomic E-state index is 4.19. The first kappa shape index (κ1) is 6.63. The predicted octanol–water partition coefficient (Wildman–Crippen LogP) is 2.41. The largest absolute Gasteiger partial charge is 0.282 e. The molecule has 1 aromatic rings. The van der Waals surface area contributed by atoms with Crippen LogP contribution in [0.5, 0.6) is 0 Å². The second kappa shape index (κ2) is 1.99. The van der Waals surface area contributed by atoms with Crippen molar-refractivity contribution in [2.24, 2.45) is 11.8 Å². The Morgan fingerprint density at radius 3 is 3.00 bits per heavy atom. The van der Waals surface area contributed by atoms with Crippen LogP contribution in [-0.4, -0.2) is 10.2 Å². The molecule has 0 amide bonds. The van der Waals surface area contributed by atoms with Crippen LogP contribution in [0.2, 0.25) is 0 Å². The summed E-state index contributed by atoms with van der Waals surface area (Å²) in [4.78, 5) is 0. The van der Waals surface area contributed by atoms with Crippen LogP contribution in [0.15, 0.2) is 6.20 Å². The van der Waals surface area contributed by atoms with E-state index in [4.69, 9.17) is 0 Å². The van der Waals surface area contributed by atoms with Gasteiger partial charge in [-0.3, -0.25) is 5.10 Å². The van der Waals surface area contributed by atoms with Gasteiger partial charge >= 0.3 is 0 Å². The van der Waals surface area contributed by atoms with Gasteiger partial charge in [0.05, 0.1) is 6.20 Å². The van der Waals surface area contributed by atoms with Gasteiger partial charge < -0.3 is 0 Å². The molecule has 1 aromatic heterocycles. The number of aromatic nitrogens is 2. The summed E-state index contributed by atoms with van der Waals surface area (Å²) in [5, 5.41) is 7.40. The Hall–Kier alpha value is -0.790. The van der Waals surface area contributed by atoms with Gasteiger partial charge in [0.1, 0.15) is 0 Å². The molecular weight excluding hydrogens is 160 g/mol. The summed E-state index contributed by atoms with van der Waals surface area (Å²) in [6, 6.07) is 0. The van der Waals surface area contributed by atoms with Crippen molar-refractivity contribution in [2.75, 3.05) is 0 Å². The summed E-state index contributed by atoms with van der Waals surface area (Å²) in [5.41, 5.74) is 3.06. The second-order valence-corrected chi connectivity index (χ2v) is 4.95. The summed E-state index contributed by atoms with van der Waals surface area (Å²) in [6.45, 7) is 0. The molecule has 3 aliphatic carbocycles. The Labute approximate surface area is 77.7 Å². The van der Waals surface area contributed by atoms with E-state index in [9.17, 15) is 0 Å². The highest BCUT2D eigenvalue weighted by Crippen LogP contribution is 2.63. The standard InChI is InChI=1S/C11H14N2/c1-2-6-7(3-1)9-4-8(6)10-5-12-13-11(9)10/h5-9H,1-4H2,(H,12,13). The summed E-state index contributed by atoms with van der Waals surface area (Å²) in [5.74, 6) is 3.77. The van der Waals surface area contributed by atoms with E-state index in [1.807, 2.05) is 0 Å². The highest BCUT2D eigenvalue weighted by molar-refractivity contribution is 5.37. The number of nitrogens with zero attached hydrogens (tertiary/aromatic N) is 1. The molecule has 0 radical (unpaired) electrons. The molecule has 3 aliphatic rings. The van der Waals surface area contributed by atoms with Gasteiger partial charge in [0.15, 0.2) is 0 Å². The van der Waals surface area contributed by atoms with Gasteiger partial charge in [0.25, 0.3) is 0 Å². The van der Waals surface area contributed by atoms with E-state index in [1.165, 1.54) is 31.4 Å². The molecule has 1 N–H and O–H groups in total. The first-order valence-corrected chi connectivity index (χ1v) is 5.48. The fourth-order valence-electron chi connectivity index (χ4n) is 4.23. The Kier molecular flexibility index (Phi) is 1.02. The maximum absolute atomic E-state index is 4.19. The molecule has 2 heteroatoms. The minimum atomic E-state index is 0.856. The normalized spacial score (nSPS) is 45.2. The minimum absolute atomic E-state index is 0.856. The van der Waals surface area contributed by atoms with Crippen molar-refractivity contribution in [1.29, 1.82) is 0 Å². The molecule has 4 unspecified atom stereocenters. The smallest absolute Gasteiger partial charge is 0.0525 e. The highest BCUT2D eigenvalue weighted by atomic mass is 15.1. The Balaban J connectivity index is 1.90. The molecule has 2 nitrogen and oxygen atoms in total. The topological polar surface area (TPSA) is 28.7 Å². The highest BCUT2D eigenvalue weighted by Gasteiger charge is 2.53. The van der Waals surface area contributed by atoms with Crippen LogP contribution in [0, 0.1) is 11.8 Å². The van der Waals surface area contributed by atoms with E-state index in [1.54, 1.807) is 5.56 Å². The van der Waals surface area contributed by atoms with Gasteiger partial charge in [-0.2, -0.15) is 5.10 Å². The number of nitrogens with one attached hydrogen (secondary N) is 1. The molecule has 0 aromatic carbocycles. The molecule has 0 aliphatic heterocycles. The average Bonchev–Trinajstić information content (AvgIpc) is 2.81. The number of aromatic amines is 1. The molecule has 0 saturated heterocycles. The molecule has 1 heterocycles. The van der Waals surface area contributed by atoms with Crippen molar-refractivity contribution < 1.29 is 0 Å². The monoisotopic (exact) mass is 174 g/mol. The molecular formula is C11H14N2. The minimum Gasteiger partial charge on any atom is -0.282 e. The molecule has 4 rings (SSSR count). The summed E-state index contributed by atoms with van der Waals surface area (Å²) >= 11 is 0. The number of fused-ring (bicyclic) bond motifs is 8. The van der Waals surface area contributed by atoms with Crippen molar-refractivity contribution in [1.82, 2.24) is 10.2 Å². The van der Waals surface area contributed by atoms with E-state index >= 15 is 0 Å². The van der Waals surface area contributed by atoms with Gasteiger partial charge in [-0.15, -0.1) is 0 Å². The van der Waals surface area contributed by atoms with Crippen molar-refractivity contribution in [3.05, 3.63) is 17.5 Å². The summed E-state index contributed by atoms with van der Waals surface area (Å²) in [7, 11) is 0. The number of rotatable bonds is 0. The zero-order chi connectivity index (χ0) is 8.41. The van der Waals surface area contributed by atoms with E-state index in [0.29, 0.717) is 0 Å². The van der Waals surface area contributed by atoms with Crippen LogP contribution in [0.25, 0.3) is 0 Å². The average molecular weight is 174 g/mol. The Morgan fingerprint density at radius 1 is 1.23 bits per heavy atom. The van der Waals surface area contributed by atoms with Gasteiger partial charge in [-0.05, 0) is 42.6 Å². The summed E-state index contributed by atoms with van der Waals surface area (Å²) in [6.07, 6.45) is 7.94. The van der Waals surface area contributed by atoms with Crippen molar-refractivity contribution in [3.63, 3.8) is 0 Å². The molecule has 68 valence electrons. The zero-order valence-electron chi connectivity index (χ0n) is 7.66. The SMILES string of the molecule is c1n[nH]c2c1C1CC2C2CCCC12. The third-order valence-electron chi connectivity index (χ3n) is 4.64. The first-order valence-electron chi connectivity index (χ1n) is 5.48. The van der Waals surface area contributed by atoms with Crippen molar-refractivity contribution in [3.8, 4) is 0 Å². The van der Waals surface area contributed by atoms with Crippen molar-refractivity contribution >= 4 is 0 Å². The van der Waals surface area contributed by atoms with E-state index in [2.05, 4.69) is 16.4 Å². The van der Waals surface area contributed by atoms with Gasteiger partial charge in [-0.1, -0.05) is 6.42 Å². The summed E-state index contributed by atoms with van der Waals surface area (Å²) < 4.78 is 0. The van der Waals surface area contributed by atoms with Crippen LogP contribution in [0.4, 0.5) is 0 Å². The van der Waals surface area contributed by atoms with E-state index < -0.39 is 0 Å². The number of H-pyrrole nitrogens is 1. The fourth-order valence-corrected chi connectivity index (χ4v) is 4.23. The Bertz CT molecular complexity index is 324. The van der Waals surface area contributed by atoms with E-state index in [-0.39, 0.29) is 0 Å². The van der Waals surface area contributed by atoms with Crippen LogP contribution in [0.1, 0.15) is 48.8 Å². The Morgan fingerprint density at radius 2 is 2.08 bits per heavy atom. The molecule has 2 bridgehead atoms. The second-order valence-electron chi connectivity index (χ2n) is 4.95. The zero-order valence-corrected chi connectivity index (χ0v) is 7.66. The van der Waals surface area contributed by atoms with Crippen LogP contribution < -0.4 is 0 Å². The molecule has 13 heavy (non-hydrogen) atoms. The fraction of sp³-hybridized carbons (Fsp3) is 0.727. The lowest BCUT2D eigenvalue weighted by Gasteiger charge is -2.23. The predicted molar refractivity (Wildman–Crippen MR) is 49.5 cm³/mol. The first-order chi connectivity index (χ1) is 6.45. The van der Waals surface area contributed by atoms with Crippen molar-refractivity contribution in [2.45, 2.75) is 37.5 Å². The molecule has 4 atom stereocenters. The third-order valence-corrected chi connectivity index (χ3v) is 4.64. The molecule has 2 saturated carbocycles. The lowest BCUT2D eigenvalue weighted by atomic mass is 9.81. The molecule has 0 spiro atoms. The van der Waals surface area contributed by atoms with Crippen LogP contribution >= 0.6 is 0 Å². The van der Waals surface area contributed by atoms with Crippen LogP contribution in [-0.2, 0) is 0 Å². The number of hydrogen-bond donors (Lipinski definition) is 1. The number of hydrogen-bond acceptors (Lipinski definition) is 1. The lowest BCUT2D eigenvalue weighted by Crippen LogP contribution is -2.15. The third kappa shape index (κ3) is 0.618. The molecule has 2 fully saturated rings. The lowest BCUT2D eigenvalue weighted by molar-refractivity contribution is 0.378. The van der Waals surface area contributed by atoms with Gasteiger partial charge in [0, 0.05) is 11.6 Å². The van der Waals surface area contributed by atoms with Gasteiger partial charge in [-0.25, -0.2) is 0 Å². The maximum Gasteiger partial charge on any atom is 0.0525 e. The van der Waals surface area contributed by atoms with E-state index in [0.717, 1.165) is 23.7 Å². The quantitative estimate of drug-likeness (QED) is 0.643.